The van der Waals surface area contributed by atoms with E-state index in [1.807, 2.05) is 67.1 Å². The maximum absolute atomic E-state index is 12.3. The zero-order valence-electron chi connectivity index (χ0n) is 24.3. The lowest BCUT2D eigenvalue weighted by molar-refractivity contribution is 0.0488. The summed E-state index contributed by atoms with van der Waals surface area (Å²) < 4.78 is 7.30. The minimum atomic E-state index is -0.515. The number of aromatic nitrogens is 2. The third kappa shape index (κ3) is 6.29. The fourth-order valence-corrected chi connectivity index (χ4v) is 5.16. The SMILES string of the molecule is CC(C)(C)OC(=O)NC1CCN(C2=NC3C(C(C)(C)C)C=NN3C(=NCc3ccccc3-n3cccn3)N2)CC1. The molecular formula is C29H41N9O2. The summed E-state index contributed by atoms with van der Waals surface area (Å²) in [6, 6.07) is 10.1. The summed E-state index contributed by atoms with van der Waals surface area (Å²) in [5.41, 5.74) is 1.52. The Bertz CT molecular complexity index is 1280. The Morgan fingerprint density at radius 3 is 2.55 bits per heavy atom. The minimum Gasteiger partial charge on any atom is -0.444 e. The average molecular weight is 548 g/mol. The number of hydrazone groups is 1. The van der Waals surface area contributed by atoms with Crippen LogP contribution in [0.3, 0.4) is 0 Å². The molecule has 0 aliphatic carbocycles. The van der Waals surface area contributed by atoms with Gasteiger partial charge in [0.05, 0.1) is 12.2 Å². The zero-order valence-corrected chi connectivity index (χ0v) is 24.3. The van der Waals surface area contributed by atoms with Crippen molar-refractivity contribution in [1.82, 2.24) is 30.3 Å². The first-order valence-electron chi connectivity index (χ1n) is 14.0. The quantitative estimate of drug-likeness (QED) is 0.599. The van der Waals surface area contributed by atoms with Crippen molar-refractivity contribution >= 4 is 24.2 Å². The van der Waals surface area contributed by atoms with Crippen LogP contribution in [-0.4, -0.2) is 74.8 Å². The third-order valence-electron chi connectivity index (χ3n) is 7.28. The summed E-state index contributed by atoms with van der Waals surface area (Å²) in [5, 5.41) is 17.6. The van der Waals surface area contributed by atoms with Crippen molar-refractivity contribution in [3.8, 4) is 5.69 Å². The van der Waals surface area contributed by atoms with Crippen molar-refractivity contribution in [2.45, 2.75) is 78.7 Å². The molecule has 0 spiro atoms. The molecule has 2 unspecified atom stereocenters. The molecule has 0 saturated carbocycles. The lowest BCUT2D eigenvalue weighted by atomic mass is 9.80. The topological polar surface area (TPSA) is 112 Å². The summed E-state index contributed by atoms with van der Waals surface area (Å²) in [6.07, 6.45) is 6.78. The van der Waals surface area contributed by atoms with Crippen molar-refractivity contribution in [3.63, 3.8) is 0 Å². The molecule has 40 heavy (non-hydrogen) atoms. The van der Waals surface area contributed by atoms with E-state index in [-0.39, 0.29) is 29.6 Å². The monoisotopic (exact) mass is 547 g/mol. The molecule has 1 aromatic heterocycles. The smallest absolute Gasteiger partial charge is 0.407 e. The number of carbonyl (C=O) groups excluding carboxylic acids is 1. The molecule has 11 heteroatoms. The molecule has 1 amide bonds. The number of guanidine groups is 2. The number of ether oxygens (including phenoxy) is 1. The van der Waals surface area contributed by atoms with Crippen molar-refractivity contribution in [1.29, 1.82) is 0 Å². The highest BCUT2D eigenvalue weighted by atomic mass is 16.6. The molecule has 2 aromatic rings. The van der Waals surface area contributed by atoms with Gasteiger partial charge in [-0.05, 0) is 56.7 Å². The Hall–Kier alpha value is -3.89. The van der Waals surface area contributed by atoms with Crippen LogP contribution in [0.4, 0.5) is 4.79 Å². The molecule has 0 radical (unpaired) electrons. The number of benzene rings is 1. The number of aliphatic imine (C=N–C) groups is 2. The summed E-state index contributed by atoms with van der Waals surface area (Å²) in [5.74, 6) is 1.62. The fraction of sp³-hybridized carbons (Fsp3) is 0.552. The molecule has 214 valence electrons. The van der Waals surface area contributed by atoms with Crippen LogP contribution in [0.5, 0.6) is 0 Å². The molecule has 2 N–H and O–H groups in total. The first-order chi connectivity index (χ1) is 19.0. The Kier molecular flexibility index (Phi) is 7.57. The molecule has 4 heterocycles. The Morgan fingerprint density at radius 1 is 1.12 bits per heavy atom. The highest BCUT2D eigenvalue weighted by Crippen LogP contribution is 2.35. The maximum Gasteiger partial charge on any atom is 0.407 e. The van der Waals surface area contributed by atoms with Gasteiger partial charge >= 0.3 is 6.09 Å². The summed E-state index contributed by atoms with van der Waals surface area (Å²) in [4.78, 5) is 24.7. The van der Waals surface area contributed by atoms with Crippen LogP contribution in [0, 0.1) is 11.3 Å². The van der Waals surface area contributed by atoms with Crippen LogP contribution in [0.2, 0.25) is 0 Å². The lowest BCUT2D eigenvalue weighted by Gasteiger charge is -2.40. The van der Waals surface area contributed by atoms with Gasteiger partial charge in [0.25, 0.3) is 0 Å². The number of hydrogen-bond acceptors (Lipinski definition) is 7. The van der Waals surface area contributed by atoms with Crippen molar-refractivity contribution < 1.29 is 9.53 Å². The zero-order chi connectivity index (χ0) is 28.5. The van der Waals surface area contributed by atoms with Gasteiger partial charge in [0.1, 0.15) is 5.60 Å². The second-order valence-electron chi connectivity index (χ2n) is 12.6. The van der Waals surface area contributed by atoms with Gasteiger partial charge in [-0.2, -0.15) is 10.2 Å². The molecule has 11 nitrogen and oxygen atoms in total. The van der Waals surface area contributed by atoms with Crippen molar-refractivity contribution in [2.24, 2.45) is 26.4 Å². The Balaban J connectivity index is 1.33. The van der Waals surface area contributed by atoms with Gasteiger partial charge in [-0.1, -0.05) is 39.0 Å². The first kappa shape index (κ1) is 27.7. The normalized spacial score (nSPS) is 22.6. The molecule has 0 bridgehead atoms. The highest BCUT2D eigenvalue weighted by molar-refractivity contribution is 6.01. The van der Waals surface area contributed by atoms with Crippen LogP contribution >= 0.6 is 0 Å². The molecule has 5 rings (SSSR count). The number of para-hydroxylation sites is 1. The van der Waals surface area contributed by atoms with Crippen LogP contribution in [0.25, 0.3) is 5.69 Å². The van der Waals surface area contributed by atoms with E-state index in [2.05, 4.69) is 47.5 Å². The van der Waals surface area contributed by atoms with Gasteiger partial charge in [0.15, 0.2) is 6.17 Å². The number of likely N-dealkylation sites (tertiary alicyclic amines) is 1. The van der Waals surface area contributed by atoms with Crippen LogP contribution in [-0.2, 0) is 11.3 Å². The standard InChI is InChI=1S/C29H41N9O2/c1-28(2,3)22-19-32-38-24(22)34-26(36-16-12-21(13-17-36)33-27(39)40-29(4,5)6)35-25(38)30-18-20-10-7-8-11-23(20)37-15-9-14-31-37/h7-11,14-15,19,21-22,24H,12-13,16-18H2,1-6H3,(H,33,39)(H,30,34,35). The number of carbonyl (C=O) groups is 1. The van der Waals surface area contributed by atoms with E-state index < -0.39 is 5.60 Å². The number of nitrogens with zero attached hydrogens (tertiary/aromatic N) is 7. The first-order valence-corrected chi connectivity index (χ1v) is 14.0. The number of piperidine rings is 1. The van der Waals surface area contributed by atoms with E-state index in [1.54, 1.807) is 6.20 Å². The van der Waals surface area contributed by atoms with Gasteiger partial charge in [-0.15, -0.1) is 0 Å². The maximum atomic E-state index is 12.3. The number of nitrogens with one attached hydrogen (secondary N) is 2. The summed E-state index contributed by atoms with van der Waals surface area (Å²) in [7, 11) is 0. The fourth-order valence-electron chi connectivity index (χ4n) is 5.16. The predicted octanol–water partition coefficient (Wildman–Crippen LogP) is 3.97. The number of alkyl carbamates (subject to hydrolysis) is 1. The van der Waals surface area contributed by atoms with E-state index in [0.29, 0.717) is 12.5 Å². The largest absolute Gasteiger partial charge is 0.444 e. The van der Waals surface area contributed by atoms with Gasteiger partial charge in [0, 0.05) is 43.7 Å². The summed E-state index contributed by atoms with van der Waals surface area (Å²) in [6.45, 7) is 14.3. The number of fused-ring (bicyclic) bond motifs is 1. The second kappa shape index (κ2) is 10.9. The van der Waals surface area contributed by atoms with E-state index in [0.717, 1.165) is 43.1 Å². The summed E-state index contributed by atoms with van der Waals surface area (Å²) >= 11 is 0. The second-order valence-corrected chi connectivity index (χ2v) is 12.6. The van der Waals surface area contributed by atoms with E-state index in [9.17, 15) is 4.79 Å². The molecule has 3 aliphatic heterocycles. The van der Waals surface area contributed by atoms with E-state index >= 15 is 0 Å². The number of hydrogen-bond donors (Lipinski definition) is 2. The van der Waals surface area contributed by atoms with Gasteiger partial charge in [0.2, 0.25) is 11.9 Å². The highest BCUT2D eigenvalue weighted by Gasteiger charge is 2.44. The molecule has 2 atom stereocenters. The molecular weight excluding hydrogens is 506 g/mol. The predicted molar refractivity (Wildman–Crippen MR) is 156 cm³/mol. The molecule has 1 aromatic carbocycles. The lowest BCUT2D eigenvalue weighted by Crippen LogP contribution is -2.59. The van der Waals surface area contributed by atoms with Crippen LogP contribution in [0.1, 0.15) is 59.9 Å². The van der Waals surface area contributed by atoms with Gasteiger partial charge < -0.3 is 15.0 Å². The Morgan fingerprint density at radius 2 is 1.88 bits per heavy atom. The van der Waals surface area contributed by atoms with Gasteiger partial charge in [-0.3, -0.25) is 5.32 Å². The molecule has 1 fully saturated rings. The van der Waals surface area contributed by atoms with Gasteiger partial charge in [-0.25, -0.2) is 24.5 Å². The minimum absolute atomic E-state index is 0.0169. The van der Waals surface area contributed by atoms with E-state index in [4.69, 9.17) is 19.8 Å². The van der Waals surface area contributed by atoms with Crippen LogP contribution < -0.4 is 10.6 Å². The van der Waals surface area contributed by atoms with Crippen molar-refractivity contribution in [2.75, 3.05) is 13.1 Å². The van der Waals surface area contributed by atoms with Crippen LogP contribution in [0.15, 0.2) is 57.8 Å². The number of amides is 1. The number of rotatable bonds is 4. The molecule has 3 aliphatic rings. The van der Waals surface area contributed by atoms with E-state index in [1.165, 1.54) is 0 Å². The average Bonchev–Trinajstić information content (AvgIpc) is 3.57. The third-order valence-corrected chi connectivity index (χ3v) is 7.28. The Labute approximate surface area is 236 Å². The molecule has 1 saturated heterocycles. The van der Waals surface area contributed by atoms with Crippen molar-refractivity contribution in [3.05, 3.63) is 48.3 Å².